The maximum absolute atomic E-state index is 14.2. The molecular formula is C31H43N3O6. The molecule has 1 aliphatic rings. The molecule has 9 heteroatoms. The number of aliphatic hydroxyl groups is 1. The second-order valence-electron chi connectivity index (χ2n) is 11.4. The number of aliphatic hydroxyl groups excluding tert-OH is 1. The molecule has 0 bridgehead atoms. The fraction of sp³-hybridized carbons (Fsp3) is 0.516. The number of hydrogen-bond donors (Lipinski definition) is 4. The molecule has 2 unspecified atom stereocenters. The van der Waals surface area contributed by atoms with Gasteiger partial charge in [0.15, 0.2) is 0 Å². The predicted molar refractivity (Wildman–Crippen MR) is 153 cm³/mol. The highest BCUT2D eigenvalue weighted by Crippen LogP contribution is 2.28. The van der Waals surface area contributed by atoms with Gasteiger partial charge in [-0.05, 0) is 69.4 Å². The van der Waals surface area contributed by atoms with Crippen molar-refractivity contribution in [3.8, 4) is 5.75 Å². The van der Waals surface area contributed by atoms with Crippen LogP contribution in [0, 0.1) is 6.92 Å². The molecule has 9 nitrogen and oxygen atoms in total. The quantitative estimate of drug-likeness (QED) is 0.350. The van der Waals surface area contributed by atoms with Crippen molar-refractivity contribution in [1.29, 1.82) is 0 Å². The summed E-state index contributed by atoms with van der Waals surface area (Å²) < 4.78 is 5.44. The highest BCUT2D eigenvalue weighted by atomic mass is 16.6. The number of carbonyl (C=O) groups excluding carboxylic acids is 3. The lowest BCUT2D eigenvalue weighted by Crippen LogP contribution is -2.55. The van der Waals surface area contributed by atoms with Crippen LogP contribution in [0.2, 0.25) is 0 Å². The Morgan fingerprint density at radius 2 is 1.73 bits per heavy atom. The molecule has 40 heavy (non-hydrogen) atoms. The maximum Gasteiger partial charge on any atom is 0.408 e. The Morgan fingerprint density at radius 3 is 2.33 bits per heavy atom. The van der Waals surface area contributed by atoms with Gasteiger partial charge in [-0.3, -0.25) is 9.59 Å². The molecule has 0 spiro atoms. The molecule has 1 aliphatic carbocycles. The van der Waals surface area contributed by atoms with E-state index in [9.17, 15) is 24.6 Å². The first-order chi connectivity index (χ1) is 19.0. The Kier molecular flexibility index (Phi) is 11.0. The van der Waals surface area contributed by atoms with Crippen molar-refractivity contribution in [3.05, 3.63) is 65.2 Å². The zero-order valence-corrected chi connectivity index (χ0v) is 24.0. The zero-order valence-electron chi connectivity index (χ0n) is 24.0. The average Bonchev–Trinajstić information content (AvgIpc) is 2.89. The summed E-state index contributed by atoms with van der Waals surface area (Å²) in [6.45, 7) is 6.39. The number of alkyl carbamates (subject to hydrolysis) is 1. The Bertz CT molecular complexity index is 1140. The molecule has 0 aliphatic heterocycles. The highest BCUT2D eigenvalue weighted by molar-refractivity contribution is 5.92. The lowest BCUT2D eigenvalue weighted by Gasteiger charge is -2.35. The largest absolute Gasteiger partial charge is 0.508 e. The Balaban J connectivity index is 2.00. The standard InChI is InChI=1S/C31H43N3O6/c1-21-19-23(15-16-26(21)36)27(28(37)32-24-13-9-6-10-14-24)34(17-18-35)29(38)25(20-22-11-7-5-8-12-22)33-30(39)40-31(2,3)4/h5,7-8,11-12,15-16,19,24-25,27,35-36H,6,9-10,13-14,17-18,20H2,1-4H3,(H,32,37)(H,33,39). The van der Waals surface area contributed by atoms with Gasteiger partial charge >= 0.3 is 6.09 Å². The van der Waals surface area contributed by atoms with Crippen LogP contribution in [0.3, 0.4) is 0 Å². The van der Waals surface area contributed by atoms with Crippen LogP contribution < -0.4 is 10.6 Å². The first kappa shape index (κ1) is 30.9. The van der Waals surface area contributed by atoms with Crippen molar-refractivity contribution in [3.63, 3.8) is 0 Å². The Morgan fingerprint density at radius 1 is 1.05 bits per heavy atom. The van der Waals surface area contributed by atoms with E-state index in [1.165, 1.54) is 11.0 Å². The fourth-order valence-electron chi connectivity index (χ4n) is 5.02. The van der Waals surface area contributed by atoms with Crippen LogP contribution in [0.25, 0.3) is 0 Å². The number of aromatic hydroxyl groups is 1. The maximum atomic E-state index is 14.2. The van der Waals surface area contributed by atoms with Gasteiger partial charge in [0.25, 0.3) is 0 Å². The van der Waals surface area contributed by atoms with E-state index in [1.54, 1.807) is 39.8 Å². The van der Waals surface area contributed by atoms with E-state index in [2.05, 4.69) is 10.6 Å². The van der Waals surface area contributed by atoms with E-state index in [1.807, 2.05) is 30.3 Å². The number of phenolic OH excluding ortho intramolecular Hbond substituents is 1. The summed E-state index contributed by atoms with van der Waals surface area (Å²) >= 11 is 0. The van der Waals surface area contributed by atoms with Crippen LogP contribution in [0.5, 0.6) is 5.75 Å². The number of phenols is 1. The Labute approximate surface area is 236 Å². The van der Waals surface area contributed by atoms with Crippen molar-refractivity contribution in [1.82, 2.24) is 15.5 Å². The van der Waals surface area contributed by atoms with Crippen LogP contribution in [-0.4, -0.2) is 63.9 Å². The molecule has 2 aromatic rings. The van der Waals surface area contributed by atoms with Gasteiger partial charge in [-0.1, -0.05) is 55.7 Å². The van der Waals surface area contributed by atoms with Crippen LogP contribution in [-0.2, 0) is 20.7 Å². The van der Waals surface area contributed by atoms with Gasteiger partial charge < -0.3 is 30.5 Å². The van der Waals surface area contributed by atoms with E-state index in [0.717, 1.165) is 37.7 Å². The van der Waals surface area contributed by atoms with E-state index < -0.39 is 29.7 Å². The number of rotatable bonds is 10. The van der Waals surface area contributed by atoms with Gasteiger partial charge in [0.1, 0.15) is 23.4 Å². The number of ether oxygens (including phenoxy) is 1. The average molecular weight is 554 g/mol. The van der Waals surface area contributed by atoms with Gasteiger partial charge in [0.2, 0.25) is 11.8 Å². The van der Waals surface area contributed by atoms with E-state index in [-0.39, 0.29) is 37.3 Å². The number of benzene rings is 2. The zero-order chi connectivity index (χ0) is 29.3. The minimum atomic E-state index is -1.08. The summed E-state index contributed by atoms with van der Waals surface area (Å²) in [6.07, 6.45) is 4.29. The lowest BCUT2D eigenvalue weighted by molar-refractivity contribution is -0.143. The Hall–Kier alpha value is -3.59. The summed E-state index contributed by atoms with van der Waals surface area (Å²) in [5.74, 6) is -0.823. The molecule has 1 fully saturated rings. The molecule has 3 amide bonds. The summed E-state index contributed by atoms with van der Waals surface area (Å²) in [5, 5.41) is 26.0. The second-order valence-corrected chi connectivity index (χ2v) is 11.4. The summed E-state index contributed by atoms with van der Waals surface area (Å²) in [7, 11) is 0. The van der Waals surface area contributed by atoms with Crippen LogP contribution in [0.4, 0.5) is 4.79 Å². The summed E-state index contributed by atoms with van der Waals surface area (Å²) in [6, 6.07) is 11.9. The monoisotopic (exact) mass is 553 g/mol. The van der Waals surface area contributed by atoms with Crippen LogP contribution >= 0.6 is 0 Å². The molecule has 1 saturated carbocycles. The third kappa shape index (κ3) is 8.98. The number of nitrogens with one attached hydrogen (secondary N) is 2. The molecule has 0 aromatic heterocycles. The number of aryl methyl sites for hydroxylation is 1. The molecule has 3 rings (SSSR count). The third-order valence-electron chi connectivity index (χ3n) is 6.94. The van der Waals surface area contributed by atoms with Gasteiger partial charge in [-0.25, -0.2) is 4.79 Å². The molecule has 0 heterocycles. The van der Waals surface area contributed by atoms with Crippen molar-refractivity contribution < 1.29 is 29.3 Å². The topological polar surface area (TPSA) is 128 Å². The van der Waals surface area contributed by atoms with Crippen LogP contribution in [0.15, 0.2) is 48.5 Å². The van der Waals surface area contributed by atoms with Gasteiger partial charge in [0.05, 0.1) is 6.61 Å². The lowest BCUT2D eigenvalue weighted by atomic mass is 9.94. The fourth-order valence-corrected chi connectivity index (χ4v) is 5.02. The minimum Gasteiger partial charge on any atom is -0.508 e. The first-order valence-electron chi connectivity index (χ1n) is 14.0. The molecule has 0 radical (unpaired) electrons. The minimum absolute atomic E-state index is 0.00644. The smallest absolute Gasteiger partial charge is 0.408 e. The normalized spacial score (nSPS) is 15.5. The molecule has 2 atom stereocenters. The third-order valence-corrected chi connectivity index (χ3v) is 6.94. The molecule has 218 valence electrons. The van der Waals surface area contributed by atoms with Crippen LogP contribution in [0.1, 0.15) is 75.6 Å². The first-order valence-corrected chi connectivity index (χ1v) is 14.0. The molecule has 0 saturated heterocycles. The summed E-state index contributed by atoms with van der Waals surface area (Å²) in [4.78, 5) is 42.2. The molecule has 4 N–H and O–H groups in total. The highest BCUT2D eigenvalue weighted by Gasteiger charge is 2.37. The molecular weight excluding hydrogens is 510 g/mol. The second kappa shape index (κ2) is 14.2. The van der Waals surface area contributed by atoms with E-state index in [0.29, 0.717) is 11.1 Å². The number of amides is 3. The van der Waals surface area contributed by atoms with Crippen molar-refractivity contribution in [2.45, 2.75) is 89.9 Å². The van der Waals surface area contributed by atoms with E-state index in [4.69, 9.17) is 4.74 Å². The predicted octanol–water partition coefficient (Wildman–Crippen LogP) is 4.15. The number of hydrogen-bond acceptors (Lipinski definition) is 6. The van der Waals surface area contributed by atoms with E-state index >= 15 is 0 Å². The van der Waals surface area contributed by atoms with Crippen molar-refractivity contribution in [2.24, 2.45) is 0 Å². The van der Waals surface area contributed by atoms with Gasteiger partial charge in [-0.15, -0.1) is 0 Å². The van der Waals surface area contributed by atoms with Gasteiger partial charge in [0, 0.05) is 19.0 Å². The van der Waals surface area contributed by atoms with Crippen molar-refractivity contribution >= 4 is 17.9 Å². The van der Waals surface area contributed by atoms with Gasteiger partial charge in [-0.2, -0.15) is 0 Å². The molecule has 2 aromatic carbocycles. The number of nitrogens with zero attached hydrogens (tertiary/aromatic N) is 1. The van der Waals surface area contributed by atoms with Crippen molar-refractivity contribution in [2.75, 3.05) is 13.2 Å². The SMILES string of the molecule is Cc1cc(C(C(=O)NC2CCCCC2)N(CCO)C(=O)C(Cc2ccccc2)NC(=O)OC(C)(C)C)ccc1O. The summed E-state index contributed by atoms with van der Waals surface area (Å²) in [5.41, 5.74) is 1.09. The number of carbonyl (C=O) groups is 3.